The number of hydrogen-bond acceptors (Lipinski definition) is 3. The second kappa shape index (κ2) is 5.83. The molecule has 19 heavy (non-hydrogen) atoms. The Morgan fingerprint density at radius 1 is 1.16 bits per heavy atom. The maximum absolute atomic E-state index is 5.70. The van der Waals surface area contributed by atoms with Crippen LogP contribution in [-0.4, -0.2) is 19.8 Å². The highest BCUT2D eigenvalue weighted by atomic mass is 16.6. The van der Waals surface area contributed by atoms with Crippen LogP contribution in [0.2, 0.25) is 0 Å². The Morgan fingerprint density at radius 2 is 1.89 bits per heavy atom. The zero-order valence-corrected chi connectivity index (χ0v) is 11.7. The van der Waals surface area contributed by atoms with Gasteiger partial charge in [0.05, 0.1) is 0 Å². The summed E-state index contributed by atoms with van der Waals surface area (Å²) < 4.78 is 11.3. The molecule has 3 nitrogen and oxygen atoms in total. The third-order valence-electron chi connectivity index (χ3n) is 4.22. The van der Waals surface area contributed by atoms with Crippen molar-refractivity contribution in [2.24, 2.45) is 5.92 Å². The molecular formula is C16H23NO2. The molecule has 1 unspecified atom stereocenters. The maximum atomic E-state index is 5.70. The Hall–Kier alpha value is -1.22. The quantitative estimate of drug-likeness (QED) is 0.902. The van der Waals surface area contributed by atoms with E-state index in [-0.39, 0.29) is 0 Å². The van der Waals surface area contributed by atoms with E-state index in [1.165, 1.54) is 31.2 Å². The minimum absolute atomic E-state index is 0.461. The Bertz CT molecular complexity index is 427. The van der Waals surface area contributed by atoms with Crippen LogP contribution < -0.4 is 14.8 Å². The third-order valence-corrected chi connectivity index (χ3v) is 4.22. The van der Waals surface area contributed by atoms with Crippen LogP contribution in [0, 0.1) is 5.92 Å². The fraction of sp³-hybridized carbons (Fsp3) is 0.625. The lowest BCUT2D eigenvalue weighted by molar-refractivity contribution is 0.171. The first-order valence-electron chi connectivity index (χ1n) is 7.51. The summed E-state index contributed by atoms with van der Waals surface area (Å²) in [7, 11) is 0. The molecule has 1 aliphatic carbocycles. The summed E-state index contributed by atoms with van der Waals surface area (Å²) in [5, 5.41) is 3.65. The van der Waals surface area contributed by atoms with Crippen molar-refractivity contribution in [1.29, 1.82) is 0 Å². The summed E-state index contributed by atoms with van der Waals surface area (Å²) in [6.07, 6.45) is 5.42. The van der Waals surface area contributed by atoms with E-state index in [0.29, 0.717) is 19.3 Å². The monoisotopic (exact) mass is 261 g/mol. The summed E-state index contributed by atoms with van der Waals surface area (Å²) in [6, 6.07) is 6.88. The minimum atomic E-state index is 0.461. The summed E-state index contributed by atoms with van der Waals surface area (Å²) in [6.45, 7) is 4.51. The van der Waals surface area contributed by atoms with Gasteiger partial charge >= 0.3 is 0 Å². The average Bonchev–Trinajstić information content (AvgIpc) is 2.98. The van der Waals surface area contributed by atoms with Crippen LogP contribution in [0.1, 0.15) is 44.2 Å². The van der Waals surface area contributed by atoms with Gasteiger partial charge in [-0.15, -0.1) is 0 Å². The molecule has 1 fully saturated rings. The van der Waals surface area contributed by atoms with Crippen LogP contribution in [0.15, 0.2) is 18.2 Å². The number of hydrogen-bond donors (Lipinski definition) is 1. The average molecular weight is 261 g/mol. The molecule has 1 aliphatic heterocycles. The lowest BCUT2D eigenvalue weighted by atomic mass is 9.91. The van der Waals surface area contributed by atoms with Crippen LogP contribution in [-0.2, 0) is 0 Å². The van der Waals surface area contributed by atoms with Gasteiger partial charge in [-0.2, -0.15) is 0 Å². The number of ether oxygens (including phenoxy) is 2. The van der Waals surface area contributed by atoms with Crippen molar-refractivity contribution in [3.63, 3.8) is 0 Å². The maximum Gasteiger partial charge on any atom is 0.161 e. The Balaban J connectivity index is 1.84. The van der Waals surface area contributed by atoms with Crippen LogP contribution in [0.3, 0.4) is 0 Å². The van der Waals surface area contributed by atoms with Gasteiger partial charge in [-0.1, -0.05) is 25.8 Å². The first kappa shape index (κ1) is 12.8. The molecule has 1 saturated carbocycles. The van der Waals surface area contributed by atoms with E-state index in [1.807, 2.05) is 0 Å². The second-order valence-corrected chi connectivity index (χ2v) is 5.48. The lowest BCUT2D eigenvalue weighted by Crippen LogP contribution is -2.27. The molecular weight excluding hydrogens is 238 g/mol. The number of benzene rings is 1. The Labute approximate surface area is 115 Å². The number of fused-ring (bicyclic) bond motifs is 1. The highest BCUT2D eigenvalue weighted by molar-refractivity contribution is 5.44. The predicted molar refractivity (Wildman–Crippen MR) is 75.8 cm³/mol. The third kappa shape index (κ3) is 2.71. The van der Waals surface area contributed by atoms with Crippen LogP contribution >= 0.6 is 0 Å². The van der Waals surface area contributed by atoms with Gasteiger partial charge in [0, 0.05) is 6.04 Å². The zero-order valence-electron chi connectivity index (χ0n) is 11.7. The summed E-state index contributed by atoms with van der Waals surface area (Å²) in [4.78, 5) is 0. The van der Waals surface area contributed by atoms with Crippen LogP contribution in [0.5, 0.6) is 11.5 Å². The van der Waals surface area contributed by atoms with Crippen molar-refractivity contribution < 1.29 is 9.47 Å². The molecule has 104 valence electrons. The van der Waals surface area contributed by atoms with E-state index in [4.69, 9.17) is 9.47 Å². The fourth-order valence-corrected chi connectivity index (χ4v) is 3.32. The van der Waals surface area contributed by atoms with Gasteiger partial charge in [0.2, 0.25) is 0 Å². The summed E-state index contributed by atoms with van der Waals surface area (Å²) in [5.41, 5.74) is 1.35. The molecule has 2 aliphatic rings. The zero-order chi connectivity index (χ0) is 13.1. The van der Waals surface area contributed by atoms with E-state index in [9.17, 15) is 0 Å². The first-order chi connectivity index (χ1) is 9.38. The molecule has 1 N–H and O–H groups in total. The molecule has 0 spiro atoms. The molecule has 0 amide bonds. The standard InChI is InChI=1S/C16H23NO2/c1-2-17-16(12-5-3-4-6-12)13-7-8-14-15(11-13)19-10-9-18-14/h7-8,11-12,16-17H,2-6,9-10H2,1H3. The highest BCUT2D eigenvalue weighted by Crippen LogP contribution is 2.39. The lowest BCUT2D eigenvalue weighted by Gasteiger charge is -2.26. The van der Waals surface area contributed by atoms with Crippen molar-refractivity contribution in [2.45, 2.75) is 38.6 Å². The predicted octanol–water partition coefficient (Wildman–Crippen LogP) is 3.30. The smallest absolute Gasteiger partial charge is 0.161 e. The van der Waals surface area contributed by atoms with Gasteiger partial charge < -0.3 is 14.8 Å². The molecule has 1 aromatic carbocycles. The van der Waals surface area contributed by atoms with Crippen LogP contribution in [0.25, 0.3) is 0 Å². The van der Waals surface area contributed by atoms with Crippen molar-refractivity contribution in [1.82, 2.24) is 5.32 Å². The Morgan fingerprint density at radius 3 is 2.63 bits per heavy atom. The molecule has 1 atom stereocenters. The molecule has 0 bridgehead atoms. The number of nitrogens with one attached hydrogen (secondary N) is 1. The molecule has 0 aromatic heterocycles. The highest BCUT2D eigenvalue weighted by Gasteiger charge is 2.26. The van der Waals surface area contributed by atoms with Crippen molar-refractivity contribution in [2.75, 3.05) is 19.8 Å². The molecule has 3 heteroatoms. The van der Waals surface area contributed by atoms with Gasteiger partial charge in [0.25, 0.3) is 0 Å². The first-order valence-corrected chi connectivity index (χ1v) is 7.51. The van der Waals surface area contributed by atoms with E-state index < -0.39 is 0 Å². The van der Waals surface area contributed by atoms with Gasteiger partial charge in [0.1, 0.15) is 13.2 Å². The topological polar surface area (TPSA) is 30.5 Å². The normalized spacial score (nSPS) is 20.5. The van der Waals surface area contributed by atoms with Gasteiger partial charge in [-0.05, 0) is 43.0 Å². The second-order valence-electron chi connectivity index (χ2n) is 5.48. The minimum Gasteiger partial charge on any atom is -0.486 e. The number of rotatable bonds is 4. The SMILES string of the molecule is CCNC(c1ccc2c(c1)OCCO2)C1CCCC1. The van der Waals surface area contributed by atoms with E-state index in [0.717, 1.165) is 24.0 Å². The summed E-state index contributed by atoms with van der Waals surface area (Å²) >= 11 is 0. The van der Waals surface area contributed by atoms with E-state index in [1.54, 1.807) is 0 Å². The summed E-state index contributed by atoms with van der Waals surface area (Å²) in [5.74, 6) is 2.56. The van der Waals surface area contributed by atoms with Crippen molar-refractivity contribution in [3.8, 4) is 11.5 Å². The van der Waals surface area contributed by atoms with Gasteiger partial charge in [0.15, 0.2) is 11.5 Å². The van der Waals surface area contributed by atoms with Crippen LogP contribution in [0.4, 0.5) is 0 Å². The van der Waals surface area contributed by atoms with Crippen molar-refractivity contribution >= 4 is 0 Å². The molecule has 0 radical (unpaired) electrons. The molecule has 1 heterocycles. The molecule has 3 rings (SSSR count). The molecule has 1 aromatic rings. The van der Waals surface area contributed by atoms with Crippen molar-refractivity contribution in [3.05, 3.63) is 23.8 Å². The van der Waals surface area contributed by atoms with Gasteiger partial charge in [-0.25, -0.2) is 0 Å². The van der Waals surface area contributed by atoms with Gasteiger partial charge in [-0.3, -0.25) is 0 Å². The van der Waals surface area contributed by atoms with E-state index in [2.05, 4.69) is 30.4 Å². The molecule has 0 saturated heterocycles. The fourth-order valence-electron chi connectivity index (χ4n) is 3.32. The Kier molecular flexibility index (Phi) is 3.92. The largest absolute Gasteiger partial charge is 0.486 e. The van der Waals surface area contributed by atoms with E-state index >= 15 is 0 Å².